The number of hydrogen-bond acceptors (Lipinski definition) is 9. The van der Waals surface area contributed by atoms with Gasteiger partial charge in [0.15, 0.2) is 0 Å². The van der Waals surface area contributed by atoms with Gasteiger partial charge < -0.3 is 25.9 Å². The van der Waals surface area contributed by atoms with Gasteiger partial charge in [0.1, 0.15) is 17.9 Å². The number of allylic oxidation sites excluding steroid dienone is 1. The summed E-state index contributed by atoms with van der Waals surface area (Å²) in [5.41, 5.74) is 9.23. The smallest absolute Gasteiger partial charge is 0.227 e. The third kappa shape index (κ3) is 5.31. The summed E-state index contributed by atoms with van der Waals surface area (Å²) in [6.45, 7) is 1.35. The van der Waals surface area contributed by atoms with Crippen molar-refractivity contribution in [2.75, 3.05) is 18.5 Å². The third-order valence-corrected chi connectivity index (χ3v) is 5.16. The van der Waals surface area contributed by atoms with Crippen molar-refractivity contribution in [2.24, 2.45) is 5.73 Å². The summed E-state index contributed by atoms with van der Waals surface area (Å²) < 4.78 is 11.4. The van der Waals surface area contributed by atoms with Gasteiger partial charge in [-0.15, -0.1) is 0 Å². The highest BCUT2D eigenvalue weighted by Gasteiger charge is 2.17. The predicted molar refractivity (Wildman–Crippen MR) is 125 cm³/mol. The molecule has 9 heteroatoms. The Balaban J connectivity index is 1.51. The molecule has 0 bridgehead atoms. The first-order valence-corrected chi connectivity index (χ1v) is 10.5. The second kappa shape index (κ2) is 10.3. The van der Waals surface area contributed by atoms with Crippen LogP contribution >= 0.6 is 0 Å². The van der Waals surface area contributed by atoms with Crippen LogP contribution in [0.3, 0.4) is 0 Å². The van der Waals surface area contributed by atoms with E-state index in [1.807, 2.05) is 18.2 Å². The maximum absolute atomic E-state index is 9.63. The first-order chi connectivity index (χ1) is 16.2. The molecule has 0 saturated carbocycles. The predicted octanol–water partition coefficient (Wildman–Crippen LogP) is 3.66. The number of rotatable bonds is 7. The van der Waals surface area contributed by atoms with Crippen molar-refractivity contribution in [3.63, 3.8) is 0 Å². The number of ether oxygens (including phenoxy) is 2. The number of anilines is 2. The van der Waals surface area contributed by atoms with Gasteiger partial charge in [0.2, 0.25) is 5.95 Å². The molecule has 0 radical (unpaired) electrons. The highest BCUT2D eigenvalue weighted by atomic mass is 16.5. The minimum atomic E-state index is 0.0574. The maximum Gasteiger partial charge on any atom is 0.227 e. The van der Waals surface area contributed by atoms with Gasteiger partial charge in [0.25, 0.3) is 0 Å². The van der Waals surface area contributed by atoms with Crippen LogP contribution in [-0.2, 0) is 4.74 Å². The molecule has 4 rings (SSSR count). The van der Waals surface area contributed by atoms with Crippen LogP contribution in [0.4, 0.5) is 11.6 Å². The molecule has 166 valence electrons. The second-order valence-corrected chi connectivity index (χ2v) is 7.34. The average molecular weight is 441 g/mol. The Labute approximate surface area is 191 Å². The normalized spacial score (nSPS) is 14.3. The Bertz CT molecular complexity index is 1200. The van der Waals surface area contributed by atoms with Crippen molar-refractivity contribution >= 4 is 23.4 Å². The largest absolute Gasteiger partial charge is 0.489 e. The number of hydrogen-bond donors (Lipinski definition) is 3. The van der Waals surface area contributed by atoms with E-state index >= 15 is 0 Å². The van der Waals surface area contributed by atoms with Gasteiger partial charge in [-0.3, -0.25) is 4.98 Å². The summed E-state index contributed by atoms with van der Waals surface area (Å²) in [5, 5.41) is 20.1. The lowest BCUT2D eigenvalue weighted by Gasteiger charge is -2.23. The summed E-state index contributed by atoms with van der Waals surface area (Å²) >= 11 is 0. The fraction of sp³-hybridized carbons (Fsp3) is 0.208. The highest BCUT2D eigenvalue weighted by molar-refractivity contribution is 6.07. The average Bonchev–Trinajstić information content (AvgIpc) is 2.87. The molecule has 0 amide bonds. The van der Waals surface area contributed by atoms with Crippen LogP contribution in [0.1, 0.15) is 24.1 Å². The Morgan fingerprint density at radius 3 is 2.76 bits per heavy atom. The summed E-state index contributed by atoms with van der Waals surface area (Å²) in [5.74, 6) is 0.965. The van der Waals surface area contributed by atoms with E-state index in [0.717, 1.165) is 24.6 Å². The molecule has 0 spiro atoms. The summed E-state index contributed by atoms with van der Waals surface area (Å²) in [7, 11) is 0. The summed E-state index contributed by atoms with van der Waals surface area (Å²) in [6, 6.07) is 13.0. The molecule has 1 aliphatic rings. The van der Waals surface area contributed by atoms with Crippen molar-refractivity contribution in [1.82, 2.24) is 15.0 Å². The monoisotopic (exact) mass is 441 g/mol. The quantitative estimate of drug-likeness (QED) is 0.471. The van der Waals surface area contributed by atoms with Crippen molar-refractivity contribution in [3.8, 4) is 23.1 Å². The van der Waals surface area contributed by atoms with Gasteiger partial charge in [-0.25, -0.2) is 9.97 Å². The lowest BCUT2D eigenvalue weighted by molar-refractivity contribution is 0.0254. The highest BCUT2D eigenvalue weighted by Crippen LogP contribution is 2.28. The van der Waals surface area contributed by atoms with Crippen LogP contribution in [0.25, 0.3) is 16.8 Å². The lowest BCUT2D eigenvalue weighted by atomic mass is 10.1. The van der Waals surface area contributed by atoms with Crippen molar-refractivity contribution in [3.05, 3.63) is 66.2 Å². The van der Waals surface area contributed by atoms with E-state index in [2.05, 4.69) is 26.3 Å². The fourth-order valence-electron chi connectivity index (χ4n) is 3.41. The summed E-state index contributed by atoms with van der Waals surface area (Å²) in [6.07, 6.45) is 7.44. The van der Waals surface area contributed by atoms with Gasteiger partial charge in [-0.2, -0.15) is 5.26 Å². The molecule has 3 heterocycles. The Kier molecular flexibility index (Phi) is 6.87. The van der Waals surface area contributed by atoms with Crippen LogP contribution in [0.2, 0.25) is 0 Å². The topological polar surface area (TPSA) is 143 Å². The number of nitrogens with two attached hydrogens (primary N) is 1. The molecule has 1 aromatic carbocycles. The van der Waals surface area contributed by atoms with Crippen molar-refractivity contribution in [2.45, 2.75) is 18.9 Å². The standard InChI is InChI=1S/C24H23N7O2/c25-12-17-11-16(1-4-23(17)33-20-6-9-32-10-7-20)22-5-8-28-24(31-22)30-19-2-3-21(29-15-19)18(13-26)14-27/h1-5,8,11,13-15,20,26H,6-7,9-10,27H2,(H,28,30,31)/b18-14+,26-13?. The zero-order chi connectivity index (χ0) is 23.0. The molecule has 1 aliphatic heterocycles. The minimum Gasteiger partial charge on any atom is -0.489 e. The second-order valence-electron chi connectivity index (χ2n) is 7.34. The van der Waals surface area contributed by atoms with Crippen LogP contribution in [0.15, 0.2) is 55.0 Å². The van der Waals surface area contributed by atoms with E-state index in [1.54, 1.807) is 30.6 Å². The van der Waals surface area contributed by atoms with Gasteiger partial charge in [-0.1, -0.05) is 0 Å². The molecule has 1 saturated heterocycles. The van der Waals surface area contributed by atoms with E-state index in [-0.39, 0.29) is 6.10 Å². The molecular formula is C24H23N7O2. The number of nitrogens with zero attached hydrogens (tertiary/aromatic N) is 4. The molecule has 3 aromatic rings. The molecular weight excluding hydrogens is 418 g/mol. The van der Waals surface area contributed by atoms with Crippen LogP contribution < -0.4 is 15.8 Å². The van der Waals surface area contributed by atoms with E-state index in [9.17, 15) is 5.26 Å². The Morgan fingerprint density at radius 2 is 2.06 bits per heavy atom. The Hall–Kier alpha value is -4.29. The zero-order valence-electron chi connectivity index (χ0n) is 17.9. The van der Waals surface area contributed by atoms with Gasteiger partial charge in [0.05, 0.1) is 42.0 Å². The van der Waals surface area contributed by atoms with Crippen molar-refractivity contribution < 1.29 is 9.47 Å². The lowest BCUT2D eigenvalue weighted by Crippen LogP contribution is -2.26. The molecule has 0 unspecified atom stereocenters. The molecule has 1 fully saturated rings. The maximum atomic E-state index is 9.63. The van der Waals surface area contributed by atoms with E-state index in [1.165, 1.54) is 6.20 Å². The number of benzene rings is 1. The zero-order valence-corrected chi connectivity index (χ0v) is 17.9. The first-order valence-electron chi connectivity index (χ1n) is 10.5. The van der Waals surface area contributed by atoms with E-state index < -0.39 is 0 Å². The SMILES string of the molecule is N#Cc1cc(-c2ccnc(Nc3ccc(/C(C=N)=C/N)nc3)n2)ccc1OC1CCOCC1. The van der Waals surface area contributed by atoms with Gasteiger partial charge in [0, 0.05) is 42.6 Å². The van der Waals surface area contributed by atoms with Crippen molar-refractivity contribution in [1.29, 1.82) is 10.7 Å². The number of pyridine rings is 1. The molecule has 9 nitrogen and oxygen atoms in total. The number of nitriles is 1. The number of nitrogens with one attached hydrogen (secondary N) is 2. The van der Waals surface area contributed by atoms with Crippen LogP contribution in [0.5, 0.6) is 5.75 Å². The van der Waals surface area contributed by atoms with Crippen LogP contribution in [0, 0.1) is 16.7 Å². The van der Waals surface area contributed by atoms with Crippen LogP contribution in [-0.4, -0.2) is 40.5 Å². The number of aromatic nitrogens is 3. The molecule has 2 aromatic heterocycles. The first kappa shape index (κ1) is 21.9. The molecule has 33 heavy (non-hydrogen) atoms. The van der Waals surface area contributed by atoms with Gasteiger partial charge in [-0.05, 0) is 36.4 Å². The third-order valence-electron chi connectivity index (χ3n) is 5.16. The molecule has 4 N–H and O–H groups in total. The van der Waals surface area contributed by atoms with E-state index in [4.69, 9.17) is 20.6 Å². The fourth-order valence-corrected chi connectivity index (χ4v) is 3.41. The molecule has 0 aliphatic carbocycles. The molecule has 0 atom stereocenters. The van der Waals surface area contributed by atoms with Gasteiger partial charge >= 0.3 is 0 Å². The van der Waals surface area contributed by atoms with E-state index in [0.29, 0.717) is 53.1 Å². The minimum absolute atomic E-state index is 0.0574. The summed E-state index contributed by atoms with van der Waals surface area (Å²) in [4.78, 5) is 13.1. The Morgan fingerprint density at radius 1 is 1.21 bits per heavy atom.